The monoisotopic (exact) mass is 309 g/mol. The van der Waals surface area contributed by atoms with Gasteiger partial charge in [0.15, 0.2) is 0 Å². The van der Waals surface area contributed by atoms with E-state index in [1.165, 1.54) is 16.6 Å². The third kappa shape index (κ3) is 2.20. The van der Waals surface area contributed by atoms with Gasteiger partial charge >= 0.3 is 0 Å². The molecule has 1 aliphatic carbocycles. The molecule has 0 bridgehead atoms. The Labute approximate surface area is 136 Å². The molecule has 0 aliphatic heterocycles. The second-order valence-corrected chi connectivity index (χ2v) is 6.49. The maximum atomic E-state index is 11.1. The summed E-state index contributed by atoms with van der Waals surface area (Å²) >= 11 is 0. The van der Waals surface area contributed by atoms with Crippen molar-refractivity contribution in [2.45, 2.75) is 45.9 Å². The van der Waals surface area contributed by atoms with Crippen LogP contribution in [0.3, 0.4) is 0 Å². The van der Waals surface area contributed by atoms with Crippen LogP contribution >= 0.6 is 0 Å². The Hall–Kier alpha value is -2.07. The van der Waals surface area contributed by atoms with E-state index in [2.05, 4.69) is 45.3 Å². The van der Waals surface area contributed by atoms with Crippen LogP contribution in [-0.2, 0) is 19.5 Å². The molecule has 0 amide bonds. The highest BCUT2D eigenvalue weighted by Gasteiger charge is 2.32. The number of para-hydroxylation sites is 1. The van der Waals surface area contributed by atoms with Crippen molar-refractivity contribution in [1.82, 2.24) is 14.1 Å². The zero-order valence-corrected chi connectivity index (χ0v) is 13.7. The molecular weight excluding hydrogens is 286 g/mol. The average Bonchev–Trinajstić information content (AvgIpc) is 3.11. The molecule has 23 heavy (non-hydrogen) atoms. The Morgan fingerprint density at radius 2 is 2.13 bits per heavy atom. The summed E-state index contributed by atoms with van der Waals surface area (Å²) in [6.07, 6.45) is 5.49. The van der Waals surface area contributed by atoms with E-state index in [1.807, 2.05) is 19.3 Å². The zero-order valence-electron chi connectivity index (χ0n) is 13.7. The van der Waals surface area contributed by atoms with Crippen molar-refractivity contribution in [3.63, 3.8) is 0 Å². The molecule has 4 nitrogen and oxygen atoms in total. The number of hydrogen-bond acceptors (Lipinski definition) is 2. The maximum Gasteiger partial charge on any atom is 0.105 e. The summed E-state index contributed by atoms with van der Waals surface area (Å²) in [5.41, 5.74) is 3.72. The zero-order chi connectivity index (χ0) is 16.0. The van der Waals surface area contributed by atoms with E-state index in [0.717, 1.165) is 37.3 Å². The highest BCUT2D eigenvalue weighted by atomic mass is 16.3. The third-order valence-corrected chi connectivity index (χ3v) is 5.29. The van der Waals surface area contributed by atoms with Gasteiger partial charge in [-0.15, -0.1) is 0 Å². The second-order valence-electron chi connectivity index (χ2n) is 6.49. The van der Waals surface area contributed by atoms with E-state index in [9.17, 15) is 5.11 Å². The van der Waals surface area contributed by atoms with Crippen molar-refractivity contribution in [1.29, 1.82) is 0 Å². The fourth-order valence-electron chi connectivity index (χ4n) is 4.10. The Morgan fingerprint density at radius 1 is 1.30 bits per heavy atom. The topological polar surface area (TPSA) is 43.0 Å². The van der Waals surface area contributed by atoms with Crippen LogP contribution < -0.4 is 0 Å². The molecule has 0 saturated carbocycles. The van der Waals surface area contributed by atoms with Crippen LogP contribution in [0, 0.1) is 12.8 Å². The van der Waals surface area contributed by atoms with Gasteiger partial charge < -0.3 is 14.2 Å². The van der Waals surface area contributed by atoms with Crippen molar-refractivity contribution in [3.05, 3.63) is 53.7 Å². The normalized spacial score (nSPS) is 20.8. The number of aryl methyl sites for hydroxylation is 2. The molecule has 1 aromatic carbocycles. The van der Waals surface area contributed by atoms with Crippen molar-refractivity contribution in [2.75, 3.05) is 0 Å². The maximum absolute atomic E-state index is 11.1. The number of fused-ring (bicyclic) bond motifs is 3. The predicted molar refractivity (Wildman–Crippen MR) is 91.3 cm³/mol. The first-order valence-corrected chi connectivity index (χ1v) is 8.46. The van der Waals surface area contributed by atoms with Crippen LogP contribution in [0.1, 0.15) is 36.5 Å². The van der Waals surface area contributed by atoms with Gasteiger partial charge in [-0.1, -0.05) is 18.2 Å². The minimum atomic E-state index is -0.404. The van der Waals surface area contributed by atoms with Gasteiger partial charge in [-0.3, -0.25) is 0 Å². The molecule has 1 N–H and O–H groups in total. The molecular formula is C19H23N3O. The lowest BCUT2D eigenvalue weighted by Gasteiger charge is -2.30. The van der Waals surface area contributed by atoms with Crippen molar-refractivity contribution in [2.24, 2.45) is 5.92 Å². The molecule has 120 valence electrons. The Bertz CT molecular complexity index is 846. The SMILES string of the molecule is CCn1c2c(c3ccccc31)C(O)C(Cn1ccnc1C)CC2. The third-order valence-electron chi connectivity index (χ3n) is 5.29. The van der Waals surface area contributed by atoms with Crippen LogP contribution in [0.5, 0.6) is 0 Å². The summed E-state index contributed by atoms with van der Waals surface area (Å²) in [6.45, 7) is 5.98. The lowest BCUT2D eigenvalue weighted by atomic mass is 9.83. The first-order valence-electron chi connectivity index (χ1n) is 8.46. The standard InChI is InChI=1S/C19H23N3O/c1-3-22-16-7-5-4-6-15(16)18-17(22)9-8-14(19(18)23)12-21-11-10-20-13(21)2/h4-7,10-11,14,19,23H,3,8-9,12H2,1-2H3. The van der Waals surface area contributed by atoms with Gasteiger partial charge in [-0.25, -0.2) is 4.98 Å². The molecule has 0 radical (unpaired) electrons. The van der Waals surface area contributed by atoms with Gasteiger partial charge in [0.2, 0.25) is 0 Å². The lowest BCUT2D eigenvalue weighted by molar-refractivity contribution is 0.0832. The lowest BCUT2D eigenvalue weighted by Crippen LogP contribution is -2.25. The Morgan fingerprint density at radius 3 is 2.87 bits per heavy atom. The number of rotatable bonds is 3. The van der Waals surface area contributed by atoms with E-state index in [0.29, 0.717) is 0 Å². The molecule has 2 heterocycles. The highest BCUT2D eigenvalue weighted by Crippen LogP contribution is 2.41. The van der Waals surface area contributed by atoms with Gasteiger partial charge in [-0.2, -0.15) is 0 Å². The Balaban J connectivity index is 1.76. The summed E-state index contributed by atoms with van der Waals surface area (Å²) in [5.74, 6) is 1.26. The van der Waals surface area contributed by atoms with E-state index >= 15 is 0 Å². The summed E-state index contributed by atoms with van der Waals surface area (Å²) in [7, 11) is 0. The first kappa shape index (κ1) is 14.5. The van der Waals surface area contributed by atoms with Gasteiger partial charge in [-0.05, 0) is 32.8 Å². The molecule has 2 unspecified atom stereocenters. The number of imidazole rings is 1. The molecule has 4 rings (SSSR count). The van der Waals surface area contributed by atoms with Crippen LogP contribution in [0.4, 0.5) is 0 Å². The highest BCUT2D eigenvalue weighted by molar-refractivity contribution is 5.86. The van der Waals surface area contributed by atoms with Crippen LogP contribution in [0.25, 0.3) is 10.9 Å². The molecule has 1 aliphatic rings. The van der Waals surface area contributed by atoms with Gasteiger partial charge in [0.25, 0.3) is 0 Å². The van der Waals surface area contributed by atoms with E-state index < -0.39 is 6.10 Å². The minimum Gasteiger partial charge on any atom is -0.388 e. The number of benzene rings is 1. The van der Waals surface area contributed by atoms with Gasteiger partial charge in [0.05, 0.1) is 6.10 Å². The summed E-state index contributed by atoms with van der Waals surface area (Å²) in [5, 5.41) is 12.3. The number of hydrogen-bond donors (Lipinski definition) is 1. The van der Waals surface area contributed by atoms with E-state index in [-0.39, 0.29) is 5.92 Å². The fraction of sp³-hybridized carbons (Fsp3) is 0.421. The van der Waals surface area contributed by atoms with Crippen LogP contribution in [0.2, 0.25) is 0 Å². The van der Waals surface area contributed by atoms with Gasteiger partial charge in [0.1, 0.15) is 5.82 Å². The number of aliphatic hydroxyl groups is 1. The summed E-state index contributed by atoms with van der Waals surface area (Å²) in [4.78, 5) is 4.30. The van der Waals surface area contributed by atoms with Crippen LogP contribution in [-0.4, -0.2) is 19.2 Å². The van der Waals surface area contributed by atoms with Gasteiger partial charge in [0, 0.05) is 53.6 Å². The minimum absolute atomic E-state index is 0.242. The molecule has 3 aromatic rings. The number of nitrogens with zero attached hydrogens (tertiary/aromatic N) is 3. The number of aliphatic hydroxyl groups excluding tert-OH is 1. The molecule has 4 heteroatoms. The predicted octanol–water partition coefficient (Wildman–Crippen LogP) is 3.46. The average molecular weight is 309 g/mol. The fourth-order valence-corrected chi connectivity index (χ4v) is 4.10. The summed E-state index contributed by atoms with van der Waals surface area (Å²) < 4.78 is 4.52. The Kier molecular flexibility index (Phi) is 3.49. The molecule has 2 aromatic heterocycles. The first-order chi connectivity index (χ1) is 11.2. The molecule has 2 atom stereocenters. The van der Waals surface area contributed by atoms with Crippen LogP contribution in [0.15, 0.2) is 36.7 Å². The quantitative estimate of drug-likeness (QED) is 0.805. The largest absolute Gasteiger partial charge is 0.388 e. The molecule has 0 spiro atoms. The summed E-state index contributed by atoms with van der Waals surface area (Å²) in [6, 6.07) is 8.46. The molecule has 0 saturated heterocycles. The number of aromatic nitrogens is 3. The second kappa shape index (κ2) is 5.53. The smallest absolute Gasteiger partial charge is 0.105 e. The van der Waals surface area contributed by atoms with Crippen molar-refractivity contribution < 1.29 is 5.11 Å². The van der Waals surface area contributed by atoms with E-state index in [4.69, 9.17) is 0 Å². The van der Waals surface area contributed by atoms with Crippen molar-refractivity contribution >= 4 is 10.9 Å². The molecule has 0 fully saturated rings. The van der Waals surface area contributed by atoms with E-state index in [1.54, 1.807) is 0 Å². The van der Waals surface area contributed by atoms with Crippen molar-refractivity contribution in [3.8, 4) is 0 Å².